The minimum atomic E-state index is 0.364. The van der Waals surface area contributed by atoms with Crippen LogP contribution in [0, 0.1) is 5.41 Å². The monoisotopic (exact) mass is 127 g/mol. The van der Waals surface area contributed by atoms with E-state index in [0.717, 1.165) is 0 Å². The third-order valence-electron chi connectivity index (χ3n) is 3.01. The number of rotatable bonds is 2. The Morgan fingerprint density at radius 1 is 1.44 bits per heavy atom. The highest BCUT2D eigenvalue weighted by Gasteiger charge is 2.66. The lowest BCUT2D eigenvalue weighted by atomic mass is 9.40. The van der Waals surface area contributed by atoms with Crippen LogP contribution >= 0.6 is 0 Å². The lowest BCUT2D eigenvalue weighted by Gasteiger charge is -2.70. The Hall–Kier alpha value is -0.0800. The molecule has 3 fully saturated rings. The third kappa shape index (κ3) is 0.485. The standard InChI is InChI=1S/C7H13NO/c1-8-7-2-6(3-7,4-7)5-9/h8-9H,2-5H2,1H3. The predicted octanol–water partition coefficient (Wildman–Crippen LogP) is 0.121. The maximum Gasteiger partial charge on any atom is 0.0489 e. The lowest BCUT2D eigenvalue weighted by Crippen LogP contribution is -2.74. The van der Waals surface area contributed by atoms with Crippen molar-refractivity contribution in [2.24, 2.45) is 5.41 Å². The zero-order valence-electron chi connectivity index (χ0n) is 5.78. The van der Waals surface area contributed by atoms with Gasteiger partial charge in [-0.1, -0.05) is 0 Å². The molecule has 0 unspecified atom stereocenters. The van der Waals surface area contributed by atoms with E-state index in [1.165, 1.54) is 19.3 Å². The van der Waals surface area contributed by atoms with E-state index in [4.69, 9.17) is 5.11 Å². The minimum absolute atomic E-state index is 0.364. The highest BCUT2D eigenvalue weighted by atomic mass is 16.3. The molecular formula is C7H13NO. The fourth-order valence-corrected chi connectivity index (χ4v) is 2.43. The Morgan fingerprint density at radius 3 is 2.33 bits per heavy atom. The Morgan fingerprint density at radius 2 is 2.00 bits per heavy atom. The van der Waals surface area contributed by atoms with Crippen LogP contribution in [0.3, 0.4) is 0 Å². The van der Waals surface area contributed by atoms with Gasteiger partial charge in [-0.3, -0.25) is 0 Å². The van der Waals surface area contributed by atoms with Crippen molar-refractivity contribution in [2.75, 3.05) is 13.7 Å². The fourth-order valence-electron chi connectivity index (χ4n) is 2.43. The molecule has 0 aromatic rings. The molecule has 0 saturated heterocycles. The summed E-state index contributed by atoms with van der Waals surface area (Å²) >= 11 is 0. The average molecular weight is 127 g/mol. The van der Waals surface area contributed by atoms with Gasteiger partial charge in [0.1, 0.15) is 0 Å². The van der Waals surface area contributed by atoms with Crippen molar-refractivity contribution in [1.82, 2.24) is 5.32 Å². The SMILES string of the molecule is CNC12CC(CO)(C1)C2. The molecule has 2 bridgehead atoms. The van der Waals surface area contributed by atoms with Gasteiger partial charge in [-0.25, -0.2) is 0 Å². The van der Waals surface area contributed by atoms with Gasteiger partial charge in [0.05, 0.1) is 0 Å². The van der Waals surface area contributed by atoms with E-state index in [0.29, 0.717) is 17.6 Å². The summed E-state index contributed by atoms with van der Waals surface area (Å²) in [6.45, 7) is 0.399. The van der Waals surface area contributed by atoms with Crippen LogP contribution in [0.5, 0.6) is 0 Å². The number of hydrogen-bond acceptors (Lipinski definition) is 2. The first-order valence-electron chi connectivity index (χ1n) is 3.54. The average Bonchev–Trinajstić information content (AvgIpc) is 1.62. The molecule has 2 nitrogen and oxygen atoms in total. The molecule has 52 valence electrons. The minimum Gasteiger partial charge on any atom is -0.396 e. The molecule has 3 saturated carbocycles. The lowest BCUT2D eigenvalue weighted by molar-refractivity contribution is -0.175. The second-order valence-electron chi connectivity index (χ2n) is 3.72. The largest absolute Gasteiger partial charge is 0.396 e. The quantitative estimate of drug-likeness (QED) is 0.552. The van der Waals surface area contributed by atoms with Crippen LogP contribution in [0.2, 0.25) is 0 Å². The van der Waals surface area contributed by atoms with E-state index in [1.807, 2.05) is 7.05 Å². The van der Waals surface area contributed by atoms with Crippen molar-refractivity contribution >= 4 is 0 Å². The maximum atomic E-state index is 8.87. The van der Waals surface area contributed by atoms with Crippen LogP contribution in [0.15, 0.2) is 0 Å². The molecule has 0 heterocycles. The van der Waals surface area contributed by atoms with Crippen LogP contribution in [0.1, 0.15) is 19.3 Å². The summed E-state index contributed by atoms with van der Waals surface area (Å²) in [6.07, 6.45) is 3.60. The molecule has 9 heavy (non-hydrogen) atoms. The highest BCUT2D eigenvalue weighted by molar-refractivity contribution is 5.22. The molecule has 0 aromatic heterocycles. The first kappa shape index (κ1) is 5.69. The van der Waals surface area contributed by atoms with Crippen LogP contribution in [-0.2, 0) is 0 Å². The van der Waals surface area contributed by atoms with Crippen LogP contribution in [-0.4, -0.2) is 24.3 Å². The van der Waals surface area contributed by atoms with Crippen molar-refractivity contribution < 1.29 is 5.11 Å². The Balaban J connectivity index is 1.96. The number of aliphatic hydroxyl groups excluding tert-OH is 1. The van der Waals surface area contributed by atoms with Crippen molar-refractivity contribution in [1.29, 1.82) is 0 Å². The predicted molar refractivity (Wildman–Crippen MR) is 35.2 cm³/mol. The van der Waals surface area contributed by atoms with E-state index < -0.39 is 0 Å². The van der Waals surface area contributed by atoms with Crippen LogP contribution in [0.25, 0.3) is 0 Å². The second kappa shape index (κ2) is 1.32. The van der Waals surface area contributed by atoms with Gasteiger partial charge in [0.2, 0.25) is 0 Å². The summed E-state index contributed by atoms with van der Waals surface area (Å²) in [4.78, 5) is 0. The van der Waals surface area contributed by atoms with Gasteiger partial charge in [-0.2, -0.15) is 0 Å². The molecule has 0 radical (unpaired) electrons. The van der Waals surface area contributed by atoms with Crippen molar-refractivity contribution in [3.05, 3.63) is 0 Å². The summed E-state index contributed by atoms with van der Waals surface area (Å²) in [5.74, 6) is 0. The van der Waals surface area contributed by atoms with Gasteiger partial charge in [0, 0.05) is 12.1 Å². The first-order chi connectivity index (χ1) is 4.24. The molecule has 0 amide bonds. The van der Waals surface area contributed by atoms with Crippen LogP contribution < -0.4 is 5.32 Å². The van der Waals surface area contributed by atoms with Gasteiger partial charge in [-0.05, 0) is 31.7 Å². The molecule has 3 rings (SSSR count). The molecule has 2 heteroatoms. The molecule has 0 atom stereocenters. The van der Waals surface area contributed by atoms with Gasteiger partial charge in [-0.15, -0.1) is 0 Å². The van der Waals surface area contributed by atoms with Crippen molar-refractivity contribution in [3.63, 3.8) is 0 Å². The summed E-state index contributed by atoms with van der Waals surface area (Å²) in [5, 5.41) is 12.2. The van der Waals surface area contributed by atoms with Gasteiger partial charge >= 0.3 is 0 Å². The summed E-state index contributed by atoms with van der Waals surface area (Å²) < 4.78 is 0. The van der Waals surface area contributed by atoms with E-state index in [2.05, 4.69) is 5.32 Å². The second-order valence-corrected chi connectivity index (χ2v) is 3.72. The number of aliphatic hydroxyl groups is 1. The Kier molecular flexibility index (Phi) is 0.837. The zero-order chi connectivity index (χ0) is 6.54. The van der Waals surface area contributed by atoms with E-state index in [1.54, 1.807) is 0 Å². The van der Waals surface area contributed by atoms with Gasteiger partial charge in [0.25, 0.3) is 0 Å². The first-order valence-corrected chi connectivity index (χ1v) is 3.54. The molecule has 3 aliphatic carbocycles. The molecule has 2 N–H and O–H groups in total. The Bertz CT molecular complexity index is 110. The van der Waals surface area contributed by atoms with E-state index in [-0.39, 0.29) is 0 Å². The highest BCUT2D eigenvalue weighted by Crippen LogP contribution is 2.66. The maximum absolute atomic E-state index is 8.87. The normalized spacial score (nSPS) is 54.0. The van der Waals surface area contributed by atoms with Gasteiger partial charge in [0.15, 0.2) is 0 Å². The van der Waals surface area contributed by atoms with Gasteiger partial charge < -0.3 is 10.4 Å². The van der Waals surface area contributed by atoms with Crippen LogP contribution in [0.4, 0.5) is 0 Å². The Labute approximate surface area is 55.3 Å². The topological polar surface area (TPSA) is 32.3 Å². The van der Waals surface area contributed by atoms with Crippen molar-refractivity contribution in [3.8, 4) is 0 Å². The molecule has 0 aromatic carbocycles. The van der Waals surface area contributed by atoms with E-state index in [9.17, 15) is 0 Å². The smallest absolute Gasteiger partial charge is 0.0489 e. The molecule has 0 aliphatic heterocycles. The summed E-state index contributed by atoms with van der Waals surface area (Å²) in [6, 6.07) is 0. The number of nitrogens with one attached hydrogen (secondary N) is 1. The molecule has 3 aliphatic rings. The fraction of sp³-hybridized carbons (Fsp3) is 1.00. The summed E-state index contributed by atoms with van der Waals surface area (Å²) in [5.41, 5.74) is 0.825. The molecular weight excluding hydrogens is 114 g/mol. The third-order valence-corrected chi connectivity index (χ3v) is 3.01. The number of hydrogen-bond donors (Lipinski definition) is 2. The summed E-state index contributed by atoms with van der Waals surface area (Å²) in [7, 11) is 2.01. The molecule has 0 spiro atoms. The van der Waals surface area contributed by atoms with E-state index >= 15 is 0 Å². The van der Waals surface area contributed by atoms with Crippen molar-refractivity contribution in [2.45, 2.75) is 24.8 Å². The zero-order valence-corrected chi connectivity index (χ0v) is 5.78.